The van der Waals surface area contributed by atoms with Gasteiger partial charge in [0.2, 0.25) is 6.41 Å². The molecule has 72 valence electrons. The molecule has 0 spiro atoms. The molecule has 5 nitrogen and oxygen atoms in total. The molecule has 2 aromatic heterocycles. The highest BCUT2D eigenvalue weighted by Crippen LogP contribution is 2.21. The Kier molecular flexibility index (Phi) is 1.71. The molecule has 0 atom stereocenters. The van der Waals surface area contributed by atoms with Crippen molar-refractivity contribution in [1.82, 2.24) is 14.5 Å². The molecule has 0 N–H and O–H groups in total. The van der Waals surface area contributed by atoms with Gasteiger partial charge in [-0.25, -0.2) is 9.97 Å². The fourth-order valence-corrected chi connectivity index (χ4v) is 1.58. The topological polar surface area (TPSA) is 49.2 Å². The third kappa shape index (κ3) is 1.10. The molecule has 0 amide bonds. The van der Waals surface area contributed by atoms with Gasteiger partial charge in [-0.05, 0) is 6.07 Å². The van der Waals surface area contributed by atoms with Gasteiger partial charge in [0, 0.05) is 17.8 Å². The average Bonchev–Trinajstić information content (AvgIpc) is 2.85. The van der Waals surface area contributed by atoms with E-state index >= 15 is 0 Å². The van der Waals surface area contributed by atoms with E-state index in [1.807, 2.05) is 16.8 Å². The van der Waals surface area contributed by atoms with E-state index in [2.05, 4.69) is 9.97 Å². The third-order valence-electron chi connectivity index (χ3n) is 2.21. The van der Waals surface area contributed by atoms with Gasteiger partial charge in [0.05, 0.1) is 13.2 Å². The van der Waals surface area contributed by atoms with Crippen LogP contribution in [0.25, 0.3) is 11.0 Å². The Morgan fingerprint density at radius 1 is 1.36 bits per heavy atom. The highest BCUT2D eigenvalue weighted by atomic mass is 16.7. The van der Waals surface area contributed by atoms with E-state index < -0.39 is 0 Å². The second-order valence-electron chi connectivity index (χ2n) is 3.07. The zero-order valence-electron chi connectivity index (χ0n) is 7.46. The van der Waals surface area contributed by atoms with E-state index in [9.17, 15) is 0 Å². The zero-order valence-corrected chi connectivity index (χ0v) is 7.46. The summed E-state index contributed by atoms with van der Waals surface area (Å²) in [5.41, 5.74) is 0.840. The van der Waals surface area contributed by atoms with Crippen LogP contribution in [0.2, 0.25) is 0 Å². The number of rotatable bonds is 1. The first-order valence-electron chi connectivity index (χ1n) is 4.45. The lowest BCUT2D eigenvalue weighted by atomic mass is 10.4. The third-order valence-corrected chi connectivity index (χ3v) is 2.21. The minimum absolute atomic E-state index is 0.331. The fraction of sp³-hybridized carbons (Fsp3) is 0.333. The first-order chi connectivity index (χ1) is 6.95. The van der Waals surface area contributed by atoms with Crippen LogP contribution >= 0.6 is 0 Å². The Morgan fingerprint density at radius 3 is 3.07 bits per heavy atom. The SMILES string of the molecule is c1ncc2ccn(C3OCCO3)c2n1. The molecule has 2 aromatic rings. The molecule has 5 heteroatoms. The summed E-state index contributed by atoms with van der Waals surface area (Å²) in [6, 6.07) is 1.94. The quantitative estimate of drug-likeness (QED) is 0.673. The molecule has 1 aliphatic rings. The van der Waals surface area contributed by atoms with Gasteiger partial charge in [0.1, 0.15) is 12.0 Å². The summed E-state index contributed by atoms with van der Waals surface area (Å²) in [7, 11) is 0. The fourth-order valence-electron chi connectivity index (χ4n) is 1.58. The van der Waals surface area contributed by atoms with Gasteiger partial charge in [0.25, 0.3) is 0 Å². The molecular formula is C9H9N3O2. The number of aromatic nitrogens is 3. The van der Waals surface area contributed by atoms with Crippen molar-refractivity contribution >= 4 is 11.0 Å². The van der Waals surface area contributed by atoms with Gasteiger partial charge in [-0.2, -0.15) is 0 Å². The largest absolute Gasteiger partial charge is 0.332 e. The van der Waals surface area contributed by atoms with Gasteiger partial charge in [-0.3, -0.25) is 4.57 Å². The molecule has 0 saturated carbocycles. The molecule has 0 aromatic carbocycles. The van der Waals surface area contributed by atoms with Crippen molar-refractivity contribution in [1.29, 1.82) is 0 Å². The van der Waals surface area contributed by atoms with Crippen molar-refractivity contribution in [2.75, 3.05) is 13.2 Å². The molecule has 3 heterocycles. The maximum absolute atomic E-state index is 5.39. The summed E-state index contributed by atoms with van der Waals surface area (Å²) < 4.78 is 12.6. The van der Waals surface area contributed by atoms with Gasteiger partial charge in [-0.1, -0.05) is 0 Å². The molecule has 0 radical (unpaired) electrons. The molecule has 3 rings (SSSR count). The van der Waals surface area contributed by atoms with Crippen LogP contribution in [-0.4, -0.2) is 27.7 Å². The summed E-state index contributed by atoms with van der Waals surface area (Å²) >= 11 is 0. The Balaban J connectivity index is 2.11. The molecule has 1 fully saturated rings. The average molecular weight is 191 g/mol. The summed E-state index contributed by atoms with van der Waals surface area (Å²) in [5.74, 6) is 0. The van der Waals surface area contributed by atoms with Crippen LogP contribution in [0.5, 0.6) is 0 Å². The van der Waals surface area contributed by atoms with E-state index in [0.29, 0.717) is 13.2 Å². The number of fused-ring (bicyclic) bond motifs is 1. The monoisotopic (exact) mass is 191 g/mol. The van der Waals surface area contributed by atoms with Crippen molar-refractivity contribution in [3.05, 3.63) is 24.8 Å². The van der Waals surface area contributed by atoms with Crippen LogP contribution < -0.4 is 0 Å². The maximum atomic E-state index is 5.39. The lowest BCUT2D eigenvalue weighted by Gasteiger charge is -2.10. The van der Waals surface area contributed by atoms with Crippen LogP contribution in [0.15, 0.2) is 24.8 Å². The van der Waals surface area contributed by atoms with Crippen LogP contribution in [0.4, 0.5) is 0 Å². The standard InChI is InChI=1S/C9H9N3O2/c1-2-12(9-13-3-4-14-9)8-7(1)5-10-6-11-8/h1-2,5-6,9H,3-4H2. The molecule has 0 aliphatic carbocycles. The second-order valence-corrected chi connectivity index (χ2v) is 3.07. The maximum Gasteiger partial charge on any atom is 0.245 e. The van der Waals surface area contributed by atoms with Crippen LogP contribution in [0, 0.1) is 0 Å². The van der Waals surface area contributed by atoms with Crippen molar-refractivity contribution in [3.8, 4) is 0 Å². The van der Waals surface area contributed by atoms with E-state index in [-0.39, 0.29) is 6.41 Å². The zero-order chi connectivity index (χ0) is 9.38. The van der Waals surface area contributed by atoms with Crippen LogP contribution in [-0.2, 0) is 9.47 Å². The normalized spacial score (nSPS) is 18.0. The van der Waals surface area contributed by atoms with Gasteiger partial charge >= 0.3 is 0 Å². The predicted octanol–water partition coefficient (Wildman–Crippen LogP) is 0.934. The Hall–Kier alpha value is -1.46. The molecule has 1 aliphatic heterocycles. The number of hydrogen-bond donors (Lipinski definition) is 0. The lowest BCUT2D eigenvalue weighted by Crippen LogP contribution is -2.08. The van der Waals surface area contributed by atoms with Crippen LogP contribution in [0.3, 0.4) is 0 Å². The van der Waals surface area contributed by atoms with Gasteiger partial charge in [0.15, 0.2) is 0 Å². The summed E-state index contributed by atoms with van der Waals surface area (Å²) in [6.07, 6.45) is 4.86. The second kappa shape index (κ2) is 3.04. The Labute approximate surface area is 80.3 Å². The Morgan fingerprint density at radius 2 is 2.21 bits per heavy atom. The van der Waals surface area contributed by atoms with Crippen molar-refractivity contribution < 1.29 is 9.47 Å². The minimum Gasteiger partial charge on any atom is -0.332 e. The highest BCUT2D eigenvalue weighted by Gasteiger charge is 2.19. The molecular weight excluding hydrogens is 182 g/mol. The van der Waals surface area contributed by atoms with Gasteiger partial charge < -0.3 is 9.47 Å². The van der Waals surface area contributed by atoms with E-state index in [4.69, 9.17) is 9.47 Å². The van der Waals surface area contributed by atoms with Gasteiger partial charge in [-0.15, -0.1) is 0 Å². The van der Waals surface area contributed by atoms with E-state index in [0.717, 1.165) is 11.0 Å². The van der Waals surface area contributed by atoms with Crippen molar-refractivity contribution in [2.24, 2.45) is 0 Å². The lowest BCUT2D eigenvalue weighted by molar-refractivity contribution is -0.0981. The molecule has 0 unspecified atom stereocenters. The summed E-state index contributed by atoms with van der Waals surface area (Å²) in [5, 5.41) is 0.992. The highest BCUT2D eigenvalue weighted by molar-refractivity contribution is 5.74. The number of hydrogen-bond acceptors (Lipinski definition) is 4. The van der Waals surface area contributed by atoms with E-state index in [1.54, 1.807) is 6.20 Å². The molecule has 1 saturated heterocycles. The first-order valence-corrected chi connectivity index (χ1v) is 4.45. The molecule has 14 heavy (non-hydrogen) atoms. The van der Waals surface area contributed by atoms with E-state index in [1.165, 1.54) is 6.33 Å². The minimum atomic E-state index is -0.331. The summed E-state index contributed by atoms with van der Waals surface area (Å²) in [4.78, 5) is 8.12. The van der Waals surface area contributed by atoms with Crippen molar-refractivity contribution in [2.45, 2.75) is 6.41 Å². The first kappa shape index (κ1) is 7.90. The predicted molar refractivity (Wildman–Crippen MR) is 48.5 cm³/mol. The smallest absolute Gasteiger partial charge is 0.245 e. The number of nitrogens with zero attached hydrogens (tertiary/aromatic N) is 3. The Bertz CT molecular complexity index is 448. The molecule has 0 bridgehead atoms. The number of ether oxygens (including phenoxy) is 2. The van der Waals surface area contributed by atoms with Crippen LogP contribution in [0.1, 0.15) is 6.41 Å². The summed E-state index contributed by atoms with van der Waals surface area (Å²) in [6.45, 7) is 1.27. The van der Waals surface area contributed by atoms with Crippen molar-refractivity contribution in [3.63, 3.8) is 0 Å².